The average Bonchev–Trinajstić information content (AvgIpc) is 2.35. The third kappa shape index (κ3) is 3.97. The van der Waals surface area contributed by atoms with Crippen LogP contribution < -0.4 is 15.2 Å². The number of hydrogen-bond acceptors (Lipinski definition) is 4. The number of ether oxygens (including phenoxy) is 2. The largest absolute Gasteiger partial charge is 0.493 e. The molecule has 6 nitrogen and oxygen atoms in total. The predicted molar refractivity (Wildman–Crippen MR) is 65.3 cm³/mol. The molecule has 1 aromatic rings. The van der Waals surface area contributed by atoms with Crippen molar-refractivity contribution in [2.45, 2.75) is 0 Å². The number of likely N-dealkylation sites (N-methyl/N-ethyl adjacent to an activating group) is 1. The molecule has 0 atom stereocenters. The maximum Gasteiger partial charge on any atom is 0.260 e. The van der Waals surface area contributed by atoms with Gasteiger partial charge in [0.2, 0.25) is 5.91 Å². The summed E-state index contributed by atoms with van der Waals surface area (Å²) in [4.78, 5) is 23.5. The van der Waals surface area contributed by atoms with Crippen molar-refractivity contribution in [3.8, 4) is 11.5 Å². The molecular formula is C12H16N2O4. The van der Waals surface area contributed by atoms with Crippen LogP contribution in [0.1, 0.15) is 0 Å². The van der Waals surface area contributed by atoms with Crippen LogP contribution in [0.5, 0.6) is 11.5 Å². The fraction of sp³-hybridized carbons (Fsp3) is 0.333. The number of hydrogen-bond donors (Lipinski definition) is 1. The molecule has 1 aromatic carbocycles. The molecule has 98 valence electrons. The van der Waals surface area contributed by atoms with Gasteiger partial charge in [0.1, 0.15) is 0 Å². The lowest BCUT2D eigenvalue weighted by Crippen LogP contribution is -2.38. The first-order valence-corrected chi connectivity index (χ1v) is 5.32. The van der Waals surface area contributed by atoms with Crippen LogP contribution in [0.3, 0.4) is 0 Å². The molecule has 0 unspecified atom stereocenters. The molecule has 0 saturated heterocycles. The number of benzene rings is 1. The van der Waals surface area contributed by atoms with Gasteiger partial charge in [0.25, 0.3) is 5.91 Å². The summed E-state index contributed by atoms with van der Waals surface area (Å²) in [6.45, 7) is -0.307. The Balaban J connectivity index is 2.54. The molecular weight excluding hydrogens is 236 g/mol. The molecule has 0 aliphatic rings. The van der Waals surface area contributed by atoms with Crippen molar-refractivity contribution in [3.63, 3.8) is 0 Å². The average molecular weight is 252 g/mol. The van der Waals surface area contributed by atoms with Crippen molar-refractivity contribution in [1.82, 2.24) is 4.90 Å². The maximum atomic E-state index is 11.6. The van der Waals surface area contributed by atoms with Crippen molar-refractivity contribution in [3.05, 3.63) is 24.3 Å². The number of rotatable bonds is 6. The zero-order valence-electron chi connectivity index (χ0n) is 10.4. The molecule has 0 spiro atoms. The van der Waals surface area contributed by atoms with Gasteiger partial charge in [0, 0.05) is 7.05 Å². The van der Waals surface area contributed by atoms with Crippen molar-refractivity contribution in [2.24, 2.45) is 5.73 Å². The summed E-state index contributed by atoms with van der Waals surface area (Å²) in [6.07, 6.45) is 0. The number of nitrogens with zero attached hydrogens (tertiary/aromatic N) is 1. The van der Waals surface area contributed by atoms with Crippen molar-refractivity contribution < 1.29 is 19.1 Å². The first-order valence-electron chi connectivity index (χ1n) is 5.32. The molecule has 0 aliphatic heterocycles. The zero-order valence-corrected chi connectivity index (χ0v) is 10.4. The van der Waals surface area contributed by atoms with Gasteiger partial charge in [-0.05, 0) is 12.1 Å². The van der Waals surface area contributed by atoms with Gasteiger partial charge in [-0.1, -0.05) is 12.1 Å². The molecule has 0 aliphatic carbocycles. The van der Waals surface area contributed by atoms with E-state index in [2.05, 4.69) is 0 Å². The molecule has 0 saturated carbocycles. The Morgan fingerprint density at radius 1 is 1.28 bits per heavy atom. The van der Waals surface area contributed by atoms with Gasteiger partial charge in [-0.15, -0.1) is 0 Å². The Morgan fingerprint density at radius 3 is 2.44 bits per heavy atom. The SMILES string of the molecule is COc1ccccc1OCC(=O)N(C)CC(N)=O. The molecule has 2 amide bonds. The highest BCUT2D eigenvalue weighted by Gasteiger charge is 2.12. The Kier molecular flexibility index (Phi) is 4.98. The summed E-state index contributed by atoms with van der Waals surface area (Å²) in [5.74, 6) is 0.117. The Hall–Kier alpha value is -2.24. The van der Waals surface area contributed by atoms with Crippen LogP contribution in [-0.2, 0) is 9.59 Å². The van der Waals surface area contributed by atoms with Crippen molar-refractivity contribution in [2.75, 3.05) is 27.3 Å². The van der Waals surface area contributed by atoms with E-state index in [1.54, 1.807) is 24.3 Å². The normalized spacial score (nSPS) is 9.67. The van der Waals surface area contributed by atoms with E-state index in [9.17, 15) is 9.59 Å². The van der Waals surface area contributed by atoms with E-state index in [0.29, 0.717) is 11.5 Å². The first kappa shape index (κ1) is 13.8. The summed E-state index contributed by atoms with van der Waals surface area (Å²) in [5, 5.41) is 0. The van der Waals surface area contributed by atoms with E-state index in [0.717, 1.165) is 0 Å². The summed E-state index contributed by atoms with van der Waals surface area (Å²) in [6, 6.07) is 7.00. The Labute approximate surface area is 105 Å². The minimum Gasteiger partial charge on any atom is -0.493 e. The van der Waals surface area contributed by atoms with Crippen molar-refractivity contribution >= 4 is 11.8 Å². The van der Waals surface area contributed by atoms with E-state index in [1.165, 1.54) is 19.1 Å². The quantitative estimate of drug-likeness (QED) is 0.773. The fourth-order valence-electron chi connectivity index (χ4n) is 1.31. The number of carbonyl (C=O) groups excluding carboxylic acids is 2. The molecule has 0 heterocycles. The smallest absolute Gasteiger partial charge is 0.260 e. The summed E-state index contributed by atoms with van der Waals surface area (Å²) in [5.41, 5.74) is 4.99. The molecule has 0 aromatic heterocycles. The summed E-state index contributed by atoms with van der Waals surface area (Å²) < 4.78 is 10.4. The summed E-state index contributed by atoms with van der Waals surface area (Å²) in [7, 11) is 3.00. The number of para-hydroxylation sites is 2. The fourth-order valence-corrected chi connectivity index (χ4v) is 1.31. The van der Waals surface area contributed by atoms with Crippen molar-refractivity contribution in [1.29, 1.82) is 0 Å². The van der Waals surface area contributed by atoms with Crippen LogP contribution in [0.15, 0.2) is 24.3 Å². The molecule has 18 heavy (non-hydrogen) atoms. The Bertz CT molecular complexity index is 434. The minimum absolute atomic E-state index is 0.131. The second kappa shape index (κ2) is 6.48. The van der Waals surface area contributed by atoms with Gasteiger partial charge in [-0.3, -0.25) is 9.59 Å². The molecule has 0 radical (unpaired) electrons. The number of primary amides is 1. The highest BCUT2D eigenvalue weighted by molar-refractivity contribution is 5.84. The third-order valence-electron chi connectivity index (χ3n) is 2.24. The van der Waals surface area contributed by atoms with Gasteiger partial charge in [-0.2, -0.15) is 0 Å². The third-order valence-corrected chi connectivity index (χ3v) is 2.24. The minimum atomic E-state index is -0.567. The van der Waals surface area contributed by atoms with Crippen LogP contribution in [0.4, 0.5) is 0 Å². The molecule has 1 rings (SSSR count). The second-order valence-electron chi connectivity index (χ2n) is 3.66. The monoisotopic (exact) mass is 252 g/mol. The van der Waals surface area contributed by atoms with Crippen LogP contribution in [0, 0.1) is 0 Å². The van der Waals surface area contributed by atoms with E-state index in [1.807, 2.05) is 0 Å². The predicted octanol–water partition coefficient (Wildman–Crippen LogP) is 0.0177. The molecule has 0 bridgehead atoms. The molecule has 0 fully saturated rings. The Morgan fingerprint density at radius 2 is 1.89 bits per heavy atom. The number of methoxy groups -OCH3 is 1. The maximum absolute atomic E-state index is 11.6. The van der Waals surface area contributed by atoms with Gasteiger partial charge in [-0.25, -0.2) is 0 Å². The standard InChI is InChI=1S/C12H16N2O4/c1-14(7-11(13)15)12(16)8-18-10-6-4-3-5-9(10)17-2/h3-6H,7-8H2,1-2H3,(H2,13,15). The zero-order chi connectivity index (χ0) is 13.5. The van der Waals surface area contributed by atoms with E-state index in [4.69, 9.17) is 15.2 Å². The van der Waals surface area contributed by atoms with E-state index in [-0.39, 0.29) is 19.1 Å². The van der Waals surface area contributed by atoms with Crippen LogP contribution in [-0.4, -0.2) is 44.0 Å². The second-order valence-corrected chi connectivity index (χ2v) is 3.66. The van der Waals surface area contributed by atoms with Crippen LogP contribution in [0.25, 0.3) is 0 Å². The molecule has 6 heteroatoms. The number of amides is 2. The highest BCUT2D eigenvalue weighted by Crippen LogP contribution is 2.25. The topological polar surface area (TPSA) is 81.9 Å². The lowest BCUT2D eigenvalue weighted by molar-refractivity contribution is -0.135. The van der Waals surface area contributed by atoms with Gasteiger partial charge in [0.15, 0.2) is 18.1 Å². The van der Waals surface area contributed by atoms with Gasteiger partial charge in [0.05, 0.1) is 13.7 Å². The molecule has 2 N–H and O–H groups in total. The van der Waals surface area contributed by atoms with E-state index >= 15 is 0 Å². The van der Waals surface area contributed by atoms with E-state index < -0.39 is 5.91 Å². The lowest BCUT2D eigenvalue weighted by Gasteiger charge is -2.16. The highest BCUT2D eigenvalue weighted by atomic mass is 16.5. The lowest BCUT2D eigenvalue weighted by atomic mass is 10.3. The number of carbonyl (C=O) groups is 2. The van der Waals surface area contributed by atoms with Gasteiger partial charge < -0.3 is 20.1 Å². The van der Waals surface area contributed by atoms with Gasteiger partial charge >= 0.3 is 0 Å². The van der Waals surface area contributed by atoms with Crippen LogP contribution in [0.2, 0.25) is 0 Å². The van der Waals surface area contributed by atoms with Crippen LogP contribution >= 0.6 is 0 Å². The number of nitrogens with two attached hydrogens (primary N) is 1. The summed E-state index contributed by atoms with van der Waals surface area (Å²) >= 11 is 0. The first-order chi connectivity index (χ1) is 8.54.